The number of oxime groups is 1. The van der Waals surface area contributed by atoms with Crippen LogP contribution in [0.5, 0.6) is 0 Å². The Balaban J connectivity index is 2.92. The van der Waals surface area contributed by atoms with Gasteiger partial charge in [-0.2, -0.15) is 0 Å². The normalized spacial score (nSPS) is 23.9. The molecule has 0 aliphatic heterocycles. The molecule has 0 aromatic heterocycles. The first-order valence-electron chi connectivity index (χ1n) is 8.30. The second-order valence-electron chi connectivity index (χ2n) is 6.41. The molecule has 0 aromatic carbocycles. The fraction of sp³-hybridized carbons (Fsp3) is 0.875. The molecule has 0 saturated heterocycles. The molecule has 1 saturated carbocycles. The van der Waals surface area contributed by atoms with Gasteiger partial charge in [-0.3, -0.25) is 4.79 Å². The van der Waals surface area contributed by atoms with E-state index < -0.39 is 5.41 Å². The summed E-state index contributed by atoms with van der Waals surface area (Å²) < 4.78 is 0. The van der Waals surface area contributed by atoms with Crippen molar-refractivity contribution >= 4 is 11.7 Å². The summed E-state index contributed by atoms with van der Waals surface area (Å²) in [6, 6.07) is 0.214. The van der Waals surface area contributed by atoms with Crippen LogP contribution < -0.4 is 11.1 Å². The van der Waals surface area contributed by atoms with Crippen molar-refractivity contribution in [1.29, 1.82) is 0 Å². The third kappa shape index (κ3) is 4.11. The number of nitrogens with zero attached hydrogens (tertiary/aromatic N) is 1. The van der Waals surface area contributed by atoms with Crippen LogP contribution in [0.15, 0.2) is 5.16 Å². The Morgan fingerprint density at radius 1 is 1.29 bits per heavy atom. The predicted molar refractivity (Wildman–Crippen MR) is 85.2 cm³/mol. The van der Waals surface area contributed by atoms with Crippen LogP contribution >= 0.6 is 0 Å². The zero-order valence-corrected chi connectivity index (χ0v) is 13.7. The van der Waals surface area contributed by atoms with Gasteiger partial charge in [0.2, 0.25) is 5.91 Å². The molecule has 4 N–H and O–H groups in total. The summed E-state index contributed by atoms with van der Waals surface area (Å²) in [4.78, 5) is 12.9. The molecule has 21 heavy (non-hydrogen) atoms. The average molecular weight is 297 g/mol. The van der Waals surface area contributed by atoms with Crippen molar-refractivity contribution in [3.8, 4) is 0 Å². The van der Waals surface area contributed by atoms with Crippen LogP contribution in [0.1, 0.15) is 72.1 Å². The molecule has 0 spiro atoms. The standard InChI is InChI=1S/C16H31N3O2/c1-4-10-16(11-5-2,14(17)19-21)15(20)18-13-9-7-6-8-12(13)3/h12-13,21H,4-11H2,1-3H3,(H2,17,19)(H,18,20). The van der Waals surface area contributed by atoms with Gasteiger partial charge in [-0.25, -0.2) is 0 Å². The Kier molecular flexibility index (Phi) is 6.99. The molecule has 0 aromatic rings. The first kappa shape index (κ1) is 17.8. The maximum atomic E-state index is 12.9. The van der Waals surface area contributed by atoms with Gasteiger partial charge in [0.25, 0.3) is 0 Å². The Labute approximate surface area is 128 Å². The smallest absolute Gasteiger partial charge is 0.234 e. The Morgan fingerprint density at radius 3 is 2.33 bits per heavy atom. The van der Waals surface area contributed by atoms with Crippen molar-refractivity contribution < 1.29 is 10.0 Å². The predicted octanol–water partition coefficient (Wildman–Crippen LogP) is 3.01. The second-order valence-corrected chi connectivity index (χ2v) is 6.41. The summed E-state index contributed by atoms with van der Waals surface area (Å²) in [7, 11) is 0. The van der Waals surface area contributed by atoms with Crippen molar-refractivity contribution in [2.45, 2.75) is 78.2 Å². The lowest BCUT2D eigenvalue weighted by Crippen LogP contribution is -2.54. The topological polar surface area (TPSA) is 87.7 Å². The molecule has 0 heterocycles. The highest BCUT2D eigenvalue weighted by Gasteiger charge is 2.42. The van der Waals surface area contributed by atoms with Gasteiger partial charge in [0.15, 0.2) is 5.84 Å². The number of rotatable bonds is 7. The number of nitrogens with two attached hydrogens (primary N) is 1. The molecule has 0 bridgehead atoms. The molecular weight excluding hydrogens is 266 g/mol. The second kappa shape index (κ2) is 8.25. The quantitative estimate of drug-likeness (QED) is 0.292. The third-order valence-electron chi connectivity index (χ3n) is 4.81. The maximum Gasteiger partial charge on any atom is 0.234 e. The van der Waals surface area contributed by atoms with E-state index >= 15 is 0 Å². The minimum absolute atomic E-state index is 0.0483. The van der Waals surface area contributed by atoms with Crippen LogP contribution in [0, 0.1) is 11.3 Å². The lowest BCUT2D eigenvalue weighted by molar-refractivity contribution is -0.129. The van der Waals surface area contributed by atoms with E-state index in [1.165, 1.54) is 6.42 Å². The van der Waals surface area contributed by atoms with Crippen LogP contribution in [-0.4, -0.2) is 23.0 Å². The van der Waals surface area contributed by atoms with Crippen LogP contribution in [-0.2, 0) is 4.79 Å². The number of amidine groups is 1. The van der Waals surface area contributed by atoms with Gasteiger partial charge in [0.05, 0.1) is 0 Å². The van der Waals surface area contributed by atoms with Crippen molar-refractivity contribution in [2.24, 2.45) is 22.2 Å². The van der Waals surface area contributed by atoms with Crippen molar-refractivity contribution in [1.82, 2.24) is 5.32 Å². The Morgan fingerprint density at radius 2 is 1.86 bits per heavy atom. The van der Waals surface area contributed by atoms with E-state index in [-0.39, 0.29) is 17.8 Å². The molecule has 5 nitrogen and oxygen atoms in total. The van der Waals surface area contributed by atoms with Crippen LogP contribution in [0.25, 0.3) is 0 Å². The molecule has 1 amide bonds. The Hall–Kier alpha value is -1.26. The fourth-order valence-corrected chi connectivity index (χ4v) is 3.51. The average Bonchev–Trinajstić information content (AvgIpc) is 2.48. The van der Waals surface area contributed by atoms with E-state index in [1.807, 2.05) is 13.8 Å². The lowest BCUT2D eigenvalue weighted by Gasteiger charge is -2.36. The minimum Gasteiger partial charge on any atom is -0.409 e. The van der Waals surface area contributed by atoms with Gasteiger partial charge in [0, 0.05) is 6.04 Å². The van der Waals surface area contributed by atoms with Crippen molar-refractivity contribution in [2.75, 3.05) is 0 Å². The summed E-state index contributed by atoms with van der Waals surface area (Å²) in [5, 5.41) is 15.5. The molecule has 1 aliphatic rings. The van der Waals surface area contributed by atoms with Gasteiger partial charge in [-0.15, -0.1) is 0 Å². The Bertz CT molecular complexity index is 363. The third-order valence-corrected chi connectivity index (χ3v) is 4.81. The fourth-order valence-electron chi connectivity index (χ4n) is 3.51. The van der Waals surface area contributed by atoms with E-state index in [0.717, 1.165) is 32.1 Å². The number of nitrogens with one attached hydrogen (secondary N) is 1. The van der Waals surface area contributed by atoms with Crippen molar-refractivity contribution in [3.05, 3.63) is 0 Å². The van der Waals surface area contributed by atoms with E-state index in [4.69, 9.17) is 10.9 Å². The van der Waals surface area contributed by atoms with Gasteiger partial charge in [0.1, 0.15) is 5.41 Å². The highest BCUT2D eigenvalue weighted by molar-refractivity contribution is 6.06. The zero-order chi connectivity index (χ0) is 15.9. The summed E-state index contributed by atoms with van der Waals surface area (Å²) >= 11 is 0. The van der Waals surface area contributed by atoms with Gasteiger partial charge < -0.3 is 16.3 Å². The summed E-state index contributed by atoms with van der Waals surface area (Å²) in [6.45, 7) is 6.23. The molecule has 1 aliphatic carbocycles. The van der Waals surface area contributed by atoms with Crippen molar-refractivity contribution in [3.63, 3.8) is 0 Å². The van der Waals surface area contributed by atoms with E-state index in [0.29, 0.717) is 18.8 Å². The minimum atomic E-state index is -0.866. The maximum absolute atomic E-state index is 12.9. The van der Waals surface area contributed by atoms with E-state index in [9.17, 15) is 4.79 Å². The summed E-state index contributed by atoms with van der Waals surface area (Å²) in [5.74, 6) is 0.475. The highest BCUT2D eigenvalue weighted by atomic mass is 16.4. The zero-order valence-electron chi connectivity index (χ0n) is 13.7. The summed E-state index contributed by atoms with van der Waals surface area (Å²) in [5.41, 5.74) is 5.04. The number of amides is 1. The first-order valence-corrected chi connectivity index (χ1v) is 8.30. The SMILES string of the molecule is CCCC(CCC)(C(=O)NC1CCCCC1C)C(N)=NO. The van der Waals surface area contributed by atoms with Gasteiger partial charge in [-0.05, 0) is 31.6 Å². The van der Waals surface area contributed by atoms with Gasteiger partial charge in [-0.1, -0.05) is 51.6 Å². The molecule has 1 rings (SSSR count). The summed E-state index contributed by atoms with van der Waals surface area (Å²) in [6.07, 6.45) is 7.46. The first-order chi connectivity index (χ1) is 10.0. The van der Waals surface area contributed by atoms with Crippen LogP contribution in [0.4, 0.5) is 0 Å². The number of carbonyl (C=O) groups is 1. The lowest BCUT2D eigenvalue weighted by atomic mass is 9.76. The van der Waals surface area contributed by atoms with E-state index in [2.05, 4.69) is 17.4 Å². The number of hydrogen-bond donors (Lipinski definition) is 3. The number of hydrogen-bond acceptors (Lipinski definition) is 3. The largest absolute Gasteiger partial charge is 0.409 e. The molecule has 1 fully saturated rings. The molecule has 2 atom stereocenters. The molecule has 2 unspecified atom stereocenters. The monoisotopic (exact) mass is 297 g/mol. The molecule has 5 heteroatoms. The van der Waals surface area contributed by atoms with Gasteiger partial charge >= 0.3 is 0 Å². The number of carbonyl (C=O) groups excluding carboxylic acids is 1. The van der Waals surface area contributed by atoms with Crippen LogP contribution in [0.3, 0.4) is 0 Å². The van der Waals surface area contributed by atoms with E-state index in [1.54, 1.807) is 0 Å². The molecule has 0 radical (unpaired) electrons. The highest BCUT2D eigenvalue weighted by Crippen LogP contribution is 2.32. The molecular formula is C16H31N3O2. The molecule has 122 valence electrons. The van der Waals surface area contributed by atoms with Crippen LogP contribution in [0.2, 0.25) is 0 Å².